The van der Waals surface area contributed by atoms with Crippen LogP contribution in [0, 0.1) is 0 Å². The summed E-state index contributed by atoms with van der Waals surface area (Å²) in [5.41, 5.74) is 0. The minimum Gasteiger partial charge on any atom is -0.462 e. The summed E-state index contributed by atoms with van der Waals surface area (Å²) < 4.78 is 37.1. The van der Waals surface area contributed by atoms with Gasteiger partial charge in [0.05, 0.1) is 19.1 Å². The van der Waals surface area contributed by atoms with Gasteiger partial charge < -0.3 is 38.5 Å². The van der Waals surface area contributed by atoms with Gasteiger partial charge in [-0.05, 0) is 6.92 Å². The van der Waals surface area contributed by atoms with Gasteiger partial charge in [-0.15, -0.1) is 0 Å². The quantitative estimate of drug-likeness (QED) is 0.256. The first kappa shape index (κ1) is 32.3. The standard InChI is InChI=1S/C23H33NO14/c1-8-32-22(31)23(37-16(7)30)9-17(34-13(4)27)19(24-11(2)25)21(38-23)20(36-15(6)29)18(35-14(5)28)10-33-12(3)26/h17-21H,8-10H2,1-7H3,(H,24,25)/t17-,18+,19+,20+,21+,23-/m0/s1. The molecule has 1 saturated heterocycles. The van der Waals surface area contributed by atoms with Crippen LogP contribution in [0.1, 0.15) is 54.9 Å². The highest BCUT2D eigenvalue weighted by Gasteiger charge is 2.60. The summed E-state index contributed by atoms with van der Waals surface area (Å²) in [7, 11) is 0. The Balaban J connectivity index is 3.85. The molecule has 0 aromatic rings. The van der Waals surface area contributed by atoms with Gasteiger partial charge in [-0.25, -0.2) is 4.79 Å². The fourth-order valence-corrected chi connectivity index (χ4v) is 3.82. The van der Waals surface area contributed by atoms with E-state index < -0.39 is 91.0 Å². The average Bonchev–Trinajstić information content (AvgIpc) is 2.75. The Morgan fingerprint density at radius 2 is 1.45 bits per heavy atom. The van der Waals surface area contributed by atoms with Crippen molar-refractivity contribution in [2.75, 3.05) is 13.2 Å². The van der Waals surface area contributed by atoms with Crippen molar-refractivity contribution in [3.05, 3.63) is 0 Å². The zero-order chi connectivity index (χ0) is 29.2. The molecule has 0 spiro atoms. The minimum atomic E-state index is -2.54. The second kappa shape index (κ2) is 14.3. The summed E-state index contributed by atoms with van der Waals surface area (Å²) in [5.74, 6) is -8.79. The number of rotatable bonds is 11. The first-order valence-corrected chi connectivity index (χ1v) is 11.6. The van der Waals surface area contributed by atoms with Crippen molar-refractivity contribution >= 4 is 41.7 Å². The molecule has 1 rings (SSSR count). The van der Waals surface area contributed by atoms with E-state index in [-0.39, 0.29) is 6.61 Å². The molecule has 0 aliphatic carbocycles. The minimum absolute atomic E-state index is 0.168. The molecule has 0 aromatic heterocycles. The molecule has 0 radical (unpaired) electrons. The van der Waals surface area contributed by atoms with Gasteiger partial charge in [-0.3, -0.25) is 28.8 Å². The predicted octanol–water partition coefficient (Wildman–Crippen LogP) is -0.539. The van der Waals surface area contributed by atoms with E-state index in [0.717, 1.165) is 41.5 Å². The number of amides is 1. The molecule has 1 amide bonds. The van der Waals surface area contributed by atoms with Crippen molar-refractivity contribution in [3.63, 3.8) is 0 Å². The predicted molar refractivity (Wildman–Crippen MR) is 122 cm³/mol. The zero-order valence-corrected chi connectivity index (χ0v) is 22.2. The second-order valence-electron chi connectivity index (χ2n) is 8.25. The first-order valence-electron chi connectivity index (χ1n) is 11.6. The van der Waals surface area contributed by atoms with Crippen LogP contribution < -0.4 is 5.32 Å². The van der Waals surface area contributed by atoms with Gasteiger partial charge in [0, 0.05) is 41.5 Å². The molecule has 1 aliphatic heterocycles. The van der Waals surface area contributed by atoms with E-state index in [2.05, 4.69) is 5.32 Å². The SMILES string of the molecule is CCOC(=O)[C@]1(OC(C)=O)C[C@H](OC(C)=O)[C@@H](NC(C)=O)[C@H]([C@H](OC(C)=O)[C@@H](COC(C)=O)OC(C)=O)O1. The molecule has 1 N–H and O–H groups in total. The van der Waals surface area contributed by atoms with Crippen LogP contribution in [0.2, 0.25) is 0 Å². The molecule has 0 bridgehead atoms. The lowest BCUT2D eigenvalue weighted by atomic mass is 9.88. The molecule has 38 heavy (non-hydrogen) atoms. The maximum absolute atomic E-state index is 13.1. The summed E-state index contributed by atoms with van der Waals surface area (Å²) in [6.45, 7) is 6.94. The van der Waals surface area contributed by atoms with Gasteiger partial charge in [0.1, 0.15) is 18.8 Å². The molecule has 15 nitrogen and oxygen atoms in total. The monoisotopic (exact) mass is 547 g/mol. The molecule has 15 heteroatoms. The Bertz CT molecular complexity index is 933. The number of hydrogen-bond donors (Lipinski definition) is 1. The average molecular weight is 548 g/mol. The van der Waals surface area contributed by atoms with Gasteiger partial charge in [-0.2, -0.15) is 0 Å². The number of carbonyl (C=O) groups is 7. The maximum Gasteiger partial charge on any atom is 0.379 e. The normalized spacial score (nSPS) is 24.0. The van der Waals surface area contributed by atoms with Crippen LogP contribution >= 0.6 is 0 Å². The Labute approximate surface area is 218 Å². The van der Waals surface area contributed by atoms with E-state index in [1.807, 2.05) is 0 Å². The van der Waals surface area contributed by atoms with Gasteiger partial charge in [0.15, 0.2) is 12.2 Å². The number of ether oxygens (including phenoxy) is 7. The van der Waals surface area contributed by atoms with Gasteiger partial charge in [0.2, 0.25) is 5.91 Å². The van der Waals surface area contributed by atoms with Gasteiger partial charge in [-0.1, -0.05) is 0 Å². The third-order valence-corrected chi connectivity index (χ3v) is 4.89. The smallest absolute Gasteiger partial charge is 0.379 e. The van der Waals surface area contributed by atoms with Crippen LogP contribution in [0.25, 0.3) is 0 Å². The number of esters is 6. The lowest BCUT2D eigenvalue weighted by Crippen LogP contribution is -2.69. The fraction of sp³-hybridized carbons (Fsp3) is 0.696. The van der Waals surface area contributed by atoms with Crippen LogP contribution in [-0.4, -0.2) is 91.2 Å². The van der Waals surface area contributed by atoms with Gasteiger partial charge >= 0.3 is 41.6 Å². The van der Waals surface area contributed by atoms with Crippen LogP contribution in [0.5, 0.6) is 0 Å². The summed E-state index contributed by atoms with van der Waals surface area (Å²) in [4.78, 5) is 84.7. The van der Waals surface area contributed by atoms with Crippen molar-refractivity contribution < 1.29 is 66.7 Å². The lowest BCUT2D eigenvalue weighted by molar-refractivity contribution is -0.304. The van der Waals surface area contributed by atoms with E-state index in [0.29, 0.717) is 0 Å². The molecule has 0 aromatic carbocycles. The van der Waals surface area contributed by atoms with Gasteiger partial charge in [0.25, 0.3) is 0 Å². The van der Waals surface area contributed by atoms with Crippen LogP contribution in [0.4, 0.5) is 0 Å². The summed E-state index contributed by atoms with van der Waals surface area (Å²) >= 11 is 0. The fourth-order valence-electron chi connectivity index (χ4n) is 3.82. The van der Waals surface area contributed by atoms with Crippen molar-refractivity contribution in [2.24, 2.45) is 0 Å². The summed E-state index contributed by atoms with van der Waals surface area (Å²) in [6.07, 6.45) is -6.97. The number of nitrogens with one attached hydrogen (secondary N) is 1. The van der Waals surface area contributed by atoms with E-state index in [1.165, 1.54) is 6.92 Å². The Hall–Kier alpha value is -3.75. The van der Waals surface area contributed by atoms with Crippen LogP contribution in [0.15, 0.2) is 0 Å². The Kier molecular flexibility index (Phi) is 12.1. The highest BCUT2D eigenvalue weighted by Crippen LogP contribution is 2.37. The summed E-state index contributed by atoms with van der Waals surface area (Å²) in [6, 6.07) is -1.35. The van der Waals surface area contributed by atoms with E-state index >= 15 is 0 Å². The largest absolute Gasteiger partial charge is 0.462 e. The molecule has 0 unspecified atom stereocenters. The molecule has 6 atom stereocenters. The molecular formula is C23H33NO14. The molecule has 1 heterocycles. The van der Waals surface area contributed by atoms with Crippen molar-refractivity contribution in [1.29, 1.82) is 0 Å². The highest BCUT2D eigenvalue weighted by molar-refractivity contribution is 5.82. The highest BCUT2D eigenvalue weighted by atomic mass is 16.8. The molecule has 1 aliphatic rings. The third kappa shape index (κ3) is 9.61. The zero-order valence-electron chi connectivity index (χ0n) is 22.2. The third-order valence-electron chi connectivity index (χ3n) is 4.89. The van der Waals surface area contributed by atoms with Crippen molar-refractivity contribution in [1.82, 2.24) is 5.32 Å². The maximum atomic E-state index is 13.1. The topological polar surface area (TPSA) is 196 Å². The molecule has 0 saturated carbocycles. The molecule has 1 fully saturated rings. The number of hydrogen-bond acceptors (Lipinski definition) is 14. The van der Waals surface area contributed by atoms with Crippen LogP contribution in [-0.2, 0) is 66.7 Å². The molecule has 214 valence electrons. The van der Waals surface area contributed by atoms with Crippen LogP contribution in [0.3, 0.4) is 0 Å². The van der Waals surface area contributed by atoms with Crippen molar-refractivity contribution in [2.45, 2.75) is 91.1 Å². The molecular weight excluding hydrogens is 514 g/mol. The van der Waals surface area contributed by atoms with E-state index in [1.54, 1.807) is 0 Å². The van der Waals surface area contributed by atoms with Crippen molar-refractivity contribution in [3.8, 4) is 0 Å². The van der Waals surface area contributed by atoms with E-state index in [9.17, 15) is 33.6 Å². The first-order chi connectivity index (χ1) is 17.6. The number of carbonyl (C=O) groups excluding carboxylic acids is 7. The Morgan fingerprint density at radius 1 is 0.842 bits per heavy atom. The second-order valence-corrected chi connectivity index (χ2v) is 8.25. The summed E-state index contributed by atoms with van der Waals surface area (Å²) in [5, 5.41) is 2.50. The van der Waals surface area contributed by atoms with E-state index in [4.69, 9.17) is 33.2 Å². The Morgan fingerprint density at radius 3 is 1.89 bits per heavy atom. The lowest BCUT2D eigenvalue weighted by Gasteiger charge is -2.48.